The van der Waals surface area contributed by atoms with Crippen LogP contribution in [0.15, 0.2) is 102 Å². The zero-order chi connectivity index (χ0) is 36.9. The molecule has 1 fully saturated rings. The first-order valence-corrected chi connectivity index (χ1v) is 17.4. The van der Waals surface area contributed by atoms with Crippen LogP contribution in [0.4, 0.5) is 13.6 Å². The van der Waals surface area contributed by atoms with E-state index in [2.05, 4.69) is 16.0 Å². The van der Waals surface area contributed by atoms with E-state index < -0.39 is 41.1 Å². The Bertz CT molecular complexity index is 2150. The molecule has 3 aliphatic rings. The van der Waals surface area contributed by atoms with Gasteiger partial charge in [-0.25, -0.2) is 13.6 Å². The van der Waals surface area contributed by atoms with Crippen molar-refractivity contribution in [3.8, 4) is 35.1 Å². The van der Waals surface area contributed by atoms with Crippen molar-refractivity contribution in [3.05, 3.63) is 130 Å². The number of nitrogens with zero attached hydrogens (tertiary/aromatic N) is 5. The van der Waals surface area contributed by atoms with E-state index in [0.29, 0.717) is 13.0 Å². The highest BCUT2D eigenvalue weighted by Crippen LogP contribution is 2.46. The lowest BCUT2D eigenvalue weighted by atomic mass is 9.80. The first kappa shape index (κ1) is 35.2. The number of hydrogen-bond donors (Lipinski definition) is 0. The van der Waals surface area contributed by atoms with E-state index in [-0.39, 0.29) is 54.9 Å². The molecule has 4 aromatic rings. The van der Waals surface area contributed by atoms with Crippen LogP contribution in [0.5, 0.6) is 29.0 Å². The minimum Gasteiger partial charge on any atom is -0.485 e. The molecule has 3 heterocycles. The highest BCUT2D eigenvalue weighted by molar-refractivity contribution is 5.99. The number of amidine groups is 1. The lowest BCUT2D eigenvalue weighted by Gasteiger charge is -2.41. The lowest BCUT2D eigenvalue weighted by Crippen LogP contribution is -2.43. The number of rotatable bonds is 10. The van der Waals surface area contributed by atoms with Gasteiger partial charge in [-0.15, -0.1) is 0 Å². The van der Waals surface area contributed by atoms with Gasteiger partial charge in [0.2, 0.25) is 0 Å². The number of piperidine rings is 1. The second kappa shape index (κ2) is 15.6. The van der Waals surface area contributed by atoms with E-state index in [1.807, 2.05) is 66.6 Å². The highest BCUT2D eigenvalue weighted by Gasteiger charge is 2.41. The third-order valence-corrected chi connectivity index (χ3v) is 9.40. The summed E-state index contributed by atoms with van der Waals surface area (Å²) in [5, 5.41) is 9.70. The van der Waals surface area contributed by atoms with Gasteiger partial charge in [0.05, 0.1) is 36.4 Å². The molecule has 1 saturated heterocycles. The Morgan fingerprint density at radius 3 is 2.57 bits per heavy atom. The summed E-state index contributed by atoms with van der Waals surface area (Å²) in [7, 11) is 1.93. The van der Waals surface area contributed by atoms with Crippen LogP contribution in [-0.2, 0) is 11.3 Å². The Hall–Kier alpha value is -6.22. The summed E-state index contributed by atoms with van der Waals surface area (Å²) >= 11 is 0. The molecule has 2 atom stereocenters. The SMILES string of the molecule is CCOC(=O)N1CC2=CC=CCC2CC1c1c(F)c(Oc2cccc(C3=NCCN3C)c2)nc(Oc2cc(C#N)ccc2OCc2ccccc2)c1F. The molecule has 7 rings (SSSR count). The number of aliphatic imine (C=N–C) groups is 1. The fourth-order valence-corrected chi connectivity index (χ4v) is 6.74. The van der Waals surface area contributed by atoms with Crippen molar-refractivity contribution in [3.63, 3.8) is 0 Å². The molecule has 12 heteroatoms. The van der Waals surface area contributed by atoms with Crippen LogP contribution in [0.2, 0.25) is 0 Å². The molecule has 1 aromatic heterocycles. The van der Waals surface area contributed by atoms with Gasteiger partial charge >= 0.3 is 6.09 Å². The lowest BCUT2D eigenvalue weighted by molar-refractivity contribution is 0.0763. The van der Waals surface area contributed by atoms with Gasteiger partial charge in [-0.3, -0.25) is 9.89 Å². The third-order valence-electron chi connectivity index (χ3n) is 9.40. The number of halogens is 2. The van der Waals surface area contributed by atoms with Gasteiger partial charge in [-0.2, -0.15) is 10.2 Å². The maximum absolute atomic E-state index is 17.0. The molecule has 0 bridgehead atoms. The summed E-state index contributed by atoms with van der Waals surface area (Å²) in [5.41, 5.74) is 2.34. The zero-order valence-electron chi connectivity index (χ0n) is 29.3. The summed E-state index contributed by atoms with van der Waals surface area (Å²) in [6.07, 6.45) is 5.98. The summed E-state index contributed by atoms with van der Waals surface area (Å²) in [6.45, 7) is 3.42. The monoisotopic (exact) mass is 717 g/mol. The van der Waals surface area contributed by atoms with Crippen LogP contribution >= 0.6 is 0 Å². The van der Waals surface area contributed by atoms with Crippen molar-refractivity contribution < 1.29 is 32.5 Å². The van der Waals surface area contributed by atoms with Crippen LogP contribution < -0.4 is 14.2 Å². The van der Waals surface area contributed by atoms with E-state index in [9.17, 15) is 10.1 Å². The minimum absolute atomic E-state index is 0.0206. The van der Waals surface area contributed by atoms with Crippen LogP contribution in [0.25, 0.3) is 0 Å². The number of ether oxygens (including phenoxy) is 4. The quantitative estimate of drug-likeness (QED) is 0.161. The van der Waals surface area contributed by atoms with Crippen molar-refractivity contribution in [2.75, 3.05) is 33.3 Å². The second-order valence-corrected chi connectivity index (χ2v) is 12.9. The van der Waals surface area contributed by atoms with Crippen LogP contribution in [0, 0.1) is 28.9 Å². The summed E-state index contributed by atoms with van der Waals surface area (Å²) in [4.78, 5) is 25.5. The van der Waals surface area contributed by atoms with Crippen LogP contribution in [-0.4, -0.2) is 60.0 Å². The van der Waals surface area contributed by atoms with Crippen molar-refractivity contribution in [1.29, 1.82) is 5.26 Å². The van der Waals surface area contributed by atoms with Crippen molar-refractivity contribution in [2.24, 2.45) is 10.9 Å². The van der Waals surface area contributed by atoms with Crippen molar-refractivity contribution in [1.82, 2.24) is 14.8 Å². The van der Waals surface area contributed by atoms with E-state index in [0.717, 1.165) is 29.1 Å². The van der Waals surface area contributed by atoms with Gasteiger partial charge in [0, 0.05) is 31.8 Å². The molecule has 10 nitrogen and oxygen atoms in total. The van der Waals surface area contributed by atoms with E-state index in [1.54, 1.807) is 37.3 Å². The smallest absolute Gasteiger partial charge is 0.410 e. The number of allylic oxidation sites excluding steroid dienone is 3. The first-order chi connectivity index (χ1) is 25.8. The molecule has 2 unspecified atom stereocenters. The predicted molar refractivity (Wildman–Crippen MR) is 193 cm³/mol. The molecule has 2 aliphatic heterocycles. The highest BCUT2D eigenvalue weighted by atomic mass is 19.1. The molecule has 0 N–H and O–H groups in total. The minimum atomic E-state index is -1.13. The molecule has 1 aliphatic carbocycles. The number of aromatic nitrogens is 1. The molecular weight excluding hydrogens is 680 g/mol. The Morgan fingerprint density at radius 2 is 1.81 bits per heavy atom. The molecule has 0 spiro atoms. The number of carbonyl (C=O) groups is 1. The number of nitriles is 1. The number of fused-ring (bicyclic) bond motifs is 1. The fourth-order valence-electron chi connectivity index (χ4n) is 6.74. The number of likely N-dealkylation sites (tertiary alicyclic amines) is 1. The predicted octanol–water partition coefficient (Wildman–Crippen LogP) is 8.49. The fraction of sp³-hybridized carbons (Fsp3) is 0.268. The van der Waals surface area contributed by atoms with Crippen molar-refractivity contribution in [2.45, 2.75) is 32.4 Å². The standard InChI is InChI=1S/C41H37F2N5O5/c1-3-50-41(49)48-24-30-13-8-7-12-28(30)22-32(48)35-36(42)39(52-31-15-9-14-29(21-31)38-45-18-19-47(38)2)46-40(37(35)43)53-34-20-27(23-44)16-17-33(34)51-25-26-10-5-4-6-11-26/h4-11,13-17,20-21,28,32H,3,12,18-19,22,24-25H2,1-2H3. The topological polar surface area (TPSA) is 110 Å². The van der Waals surface area contributed by atoms with Crippen LogP contribution in [0.3, 0.4) is 0 Å². The molecular formula is C41H37F2N5O5. The second-order valence-electron chi connectivity index (χ2n) is 12.9. The number of carbonyl (C=O) groups excluding carboxylic acids is 1. The molecule has 3 aromatic carbocycles. The Morgan fingerprint density at radius 1 is 1.00 bits per heavy atom. The third kappa shape index (κ3) is 7.55. The van der Waals surface area contributed by atoms with Crippen LogP contribution in [0.1, 0.15) is 48.1 Å². The summed E-state index contributed by atoms with van der Waals surface area (Å²) < 4.78 is 57.6. The normalized spacial score (nSPS) is 17.7. The van der Waals surface area contributed by atoms with Gasteiger partial charge in [0.1, 0.15) is 18.2 Å². The van der Waals surface area contributed by atoms with Gasteiger partial charge in [0.15, 0.2) is 23.1 Å². The Labute approximate surface area is 306 Å². The number of benzene rings is 3. The van der Waals surface area contributed by atoms with E-state index in [1.165, 1.54) is 11.0 Å². The molecule has 270 valence electrons. The van der Waals surface area contributed by atoms with Gasteiger partial charge in [0.25, 0.3) is 11.8 Å². The number of hydrogen-bond acceptors (Lipinski definition) is 9. The number of pyridine rings is 1. The average Bonchev–Trinajstić information content (AvgIpc) is 3.62. The molecule has 0 radical (unpaired) electrons. The molecule has 1 amide bonds. The van der Waals surface area contributed by atoms with Gasteiger partial charge in [-0.05, 0) is 61.1 Å². The van der Waals surface area contributed by atoms with E-state index in [4.69, 9.17) is 18.9 Å². The molecule has 0 saturated carbocycles. The first-order valence-electron chi connectivity index (χ1n) is 17.4. The zero-order valence-corrected chi connectivity index (χ0v) is 29.3. The Balaban J connectivity index is 1.33. The summed E-state index contributed by atoms with van der Waals surface area (Å²) in [5.74, 6) is -2.30. The van der Waals surface area contributed by atoms with Gasteiger partial charge in [-0.1, -0.05) is 60.7 Å². The summed E-state index contributed by atoms with van der Waals surface area (Å²) in [6, 6.07) is 21.8. The number of amides is 1. The van der Waals surface area contributed by atoms with E-state index >= 15 is 8.78 Å². The average molecular weight is 718 g/mol. The largest absolute Gasteiger partial charge is 0.485 e. The maximum Gasteiger partial charge on any atom is 0.410 e. The Kier molecular flexibility index (Phi) is 10.3. The molecule has 53 heavy (non-hydrogen) atoms. The number of likely N-dealkylation sites (N-methyl/N-ethyl adjacent to an activating group) is 1. The maximum atomic E-state index is 17.0. The van der Waals surface area contributed by atoms with Gasteiger partial charge < -0.3 is 23.8 Å². The van der Waals surface area contributed by atoms with Crippen molar-refractivity contribution >= 4 is 11.9 Å².